The summed E-state index contributed by atoms with van der Waals surface area (Å²) in [4.78, 5) is 7.22. The van der Waals surface area contributed by atoms with E-state index in [0.29, 0.717) is 18.5 Å². The van der Waals surface area contributed by atoms with Gasteiger partial charge >= 0.3 is 0 Å². The van der Waals surface area contributed by atoms with Crippen molar-refractivity contribution in [2.75, 3.05) is 27.2 Å². The molecule has 0 amide bonds. The van der Waals surface area contributed by atoms with Crippen LogP contribution in [-0.2, 0) is 0 Å². The number of benzene rings is 1. The maximum absolute atomic E-state index is 7.82. The fourth-order valence-electron chi connectivity index (χ4n) is 4.62. The van der Waals surface area contributed by atoms with Crippen LogP contribution in [0.5, 0.6) is 0 Å². The summed E-state index contributed by atoms with van der Waals surface area (Å²) < 4.78 is 0. The number of halogens is 1. The first-order valence-electron chi connectivity index (χ1n) is 15.3. The van der Waals surface area contributed by atoms with E-state index in [1.807, 2.05) is 44.2 Å². The van der Waals surface area contributed by atoms with E-state index < -0.39 is 0 Å². The third-order valence-corrected chi connectivity index (χ3v) is 7.12. The molecule has 2 unspecified atom stereocenters. The number of allylic oxidation sites excluding steroid dienone is 2. The molecule has 1 heterocycles. The summed E-state index contributed by atoms with van der Waals surface area (Å²) in [6.45, 7) is 27.6. The van der Waals surface area contributed by atoms with Crippen molar-refractivity contribution in [2.24, 2.45) is 0 Å². The van der Waals surface area contributed by atoms with Crippen molar-refractivity contribution in [3.05, 3.63) is 84.8 Å². The zero-order valence-corrected chi connectivity index (χ0v) is 28.8. The summed E-state index contributed by atoms with van der Waals surface area (Å²) in [5.74, 6) is 0. The van der Waals surface area contributed by atoms with Crippen LogP contribution in [0.15, 0.2) is 74.3 Å². The van der Waals surface area contributed by atoms with E-state index in [1.165, 1.54) is 55.5 Å². The Hall–Kier alpha value is -2.92. The van der Waals surface area contributed by atoms with Gasteiger partial charge in [0.2, 0.25) is 0 Å². The molecular weight excluding hydrogens is 536 g/mol. The Labute approximate surface area is 266 Å². The fraction of sp³-hybridized carbons (Fsp3) is 0.541. The average molecular weight is 597 g/mol. The maximum atomic E-state index is 7.82. The zero-order chi connectivity index (χ0) is 32.9. The second-order valence-corrected chi connectivity index (χ2v) is 10.6. The number of likely N-dealkylation sites (N-methyl/N-ethyl adjacent to an activating group) is 2. The van der Waals surface area contributed by atoms with E-state index in [9.17, 15) is 0 Å². The number of aryl methyl sites for hydroxylation is 1. The molecule has 1 aromatic rings. The van der Waals surface area contributed by atoms with Gasteiger partial charge in [-0.1, -0.05) is 69.3 Å². The molecule has 0 spiro atoms. The molecule has 236 valence electrons. The number of unbranched alkanes of at least 4 members (excludes halogenated alkanes) is 1. The minimum absolute atomic E-state index is 0.454. The summed E-state index contributed by atoms with van der Waals surface area (Å²) in [6, 6.07) is 10.9. The van der Waals surface area contributed by atoms with Crippen LogP contribution >= 0.6 is 11.6 Å². The van der Waals surface area contributed by atoms with Crippen LogP contribution in [0.3, 0.4) is 0 Å². The predicted octanol–water partition coefficient (Wildman–Crippen LogP) is 10.2. The molecule has 2 rings (SSSR count). The van der Waals surface area contributed by atoms with Crippen molar-refractivity contribution < 1.29 is 0 Å². The van der Waals surface area contributed by atoms with Crippen molar-refractivity contribution in [1.82, 2.24) is 14.7 Å². The molecule has 1 fully saturated rings. The van der Waals surface area contributed by atoms with E-state index in [2.05, 4.69) is 101 Å². The molecule has 1 aliphatic heterocycles. The van der Waals surface area contributed by atoms with Gasteiger partial charge in [0.15, 0.2) is 0 Å². The summed E-state index contributed by atoms with van der Waals surface area (Å²) in [5.41, 5.74) is 3.78. The first kappa shape index (κ1) is 43.5. The Kier molecular flexibility index (Phi) is 30.6. The number of nitriles is 1. The Bertz CT molecular complexity index is 870. The van der Waals surface area contributed by atoms with Crippen LogP contribution in [0.1, 0.15) is 91.0 Å². The highest BCUT2D eigenvalue weighted by Gasteiger charge is 2.30. The van der Waals surface area contributed by atoms with Gasteiger partial charge in [-0.05, 0) is 90.6 Å². The summed E-state index contributed by atoms with van der Waals surface area (Å²) in [5, 5.41) is 8.62. The minimum atomic E-state index is 0.454. The van der Waals surface area contributed by atoms with Crippen molar-refractivity contribution >= 4 is 11.6 Å². The van der Waals surface area contributed by atoms with Crippen LogP contribution in [0, 0.1) is 31.1 Å². The smallest absolute Gasteiger partial charge is 0.0621 e. The second-order valence-electron chi connectivity index (χ2n) is 10.1. The van der Waals surface area contributed by atoms with E-state index in [0.717, 1.165) is 31.0 Å². The SMILES string of the molecule is C#C.C=C.C=C(C1CCCC(CCC(=C)N(CCC)CCC)N1C)N(C)/C=C\C.CCCC#N.Cc1ccc(Cl)cc1. The first-order valence-corrected chi connectivity index (χ1v) is 15.7. The molecule has 5 heteroatoms. The largest absolute Gasteiger partial charge is 0.375 e. The number of likely N-dealkylation sites (tertiary alicyclic amines) is 1. The standard InChI is InChI=1S/C22H41N3.C7H7Cl.C4H7N.C2H4.C2H2/c1-8-16-23(6)20(5)22-13-11-12-21(24(22)7)15-14-19(4)25(17-9-2)18-10-3;1-6-2-4-7(8)5-3-6;1-2-3-4-5;2*1-2/h8,16,21-22H,4-5,9-15,17-18H2,1-3,6-7H3;2-5H,1H3;2-3H2,1H3;1-2H2;1-2H/b16-8-;;;;. The van der Waals surface area contributed by atoms with Gasteiger partial charge in [0, 0.05) is 55.1 Å². The van der Waals surface area contributed by atoms with Gasteiger partial charge in [-0.3, -0.25) is 4.90 Å². The Morgan fingerprint density at radius 1 is 1.07 bits per heavy atom. The first-order chi connectivity index (χ1) is 20.2. The highest BCUT2D eigenvalue weighted by Crippen LogP contribution is 2.30. The van der Waals surface area contributed by atoms with Gasteiger partial charge in [0.25, 0.3) is 0 Å². The molecule has 4 nitrogen and oxygen atoms in total. The summed E-state index contributed by atoms with van der Waals surface area (Å²) in [7, 11) is 4.39. The predicted molar refractivity (Wildman–Crippen MR) is 189 cm³/mol. The highest BCUT2D eigenvalue weighted by atomic mass is 35.5. The van der Waals surface area contributed by atoms with Crippen LogP contribution < -0.4 is 0 Å². The second kappa shape index (κ2) is 29.6. The van der Waals surface area contributed by atoms with Gasteiger partial charge in [0.05, 0.1) is 6.07 Å². The molecule has 42 heavy (non-hydrogen) atoms. The maximum Gasteiger partial charge on any atom is 0.0621 e. The van der Waals surface area contributed by atoms with Crippen LogP contribution in [-0.4, -0.2) is 54.0 Å². The van der Waals surface area contributed by atoms with E-state index in [4.69, 9.17) is 16.9 Å². The van der Waals surface area contributed by atoms with E-state index >= 15 is 0 Å². The van der Waals surface area contributed by atoms with Crippen molar-refractivity contribution in [3.8, 4) is 18.9 Å². The molecule has 0 aromatic heterocycles. The number of terminal acetylenes is 1. The van der Waals surface area contributed by atoms with Crippen molar-refractivity contribution in [2.45, 2.75) is 104 Å². The minimum Gasteiger partial charge on any atom is -0.375 e. The van der Waals surface area contributed by atoms with E-state index in [1.54, 1.807) is 0 Å². The Morgan fingerprint density at radius 2 is 1.62 bits per heavy atom. The molecule has 1 saturated heterocycles. The lowest BCUT2D eigenvalue weighted by Crippen LogP contribution is -2.46. The van der Waals surface area contributed by atoms with Crippen molar-refractivity contribution in [3.63, 3.8) is 0 Å². The molecule has 1 aromatic carbocycles. The lowest BCUT2D eigenvalue weighted by Gasteiger charge is -2.42. The average Bonchev–Trinajstić information content (AvgIpc) is 3.00. The highest BCUT2D eigenvalue weighted by molar-refractivity contribution is 6.30. The number of rotatable bonds is 12. The molecule has 0 N–H and O–H groups in total. The fourth-order valence-corrected chi connectivity index (χ4v) is 4.74. The van der Waals surface area contributed by atoms with Gasteiger partial charge in [-0.2, -0.15) is 5.26 Å². The van der Waals surface area contributed by atoms with Gasteiger partial charge in [0.1, 0.15) is 0 Å². The molecular formula is C37H61ClN4. The van der Waals surface area contributed by atoms with Gasteiger partial charge in [-0.25, -0.2) is 0 Å². The van der Waals surface area contributed by atoms with Gasteiger partial charge in [-0.15, -0.1) is 26.0 Å². The Balaban J connectivity index is -0.000000727. The van der Waals surface area contributed by atoms with E-state index in [-0.39, 0.29) is 0 Å². The lowest BCUT2D eigenvalue weighted by atomic mass is 9.91. The van der Waals surface area contributed by atoms with Crippen molar-refractivity contribution in [1.29, 1.82) is 5.26 Å². The quantitative estimate of drug-likeness (QED) is 0.177. The molecule has 0 saturated carbocycles. The van der Waals surface area contributed by atoms with Crippen LogP contribution in [0.2, 0.25) is 5.02 Å². The number of hydrogen-bond donors (Lipinski definition) is 0. The molecule has 0 radical (unpaired) electrons. The summed E-state index contributed by atoms with van der Waals surface area (Å²) in [6.07, 6.45) is 22.4. The Morgan fingerprint density at radius 3 is 2.02 bits per heavy atom. The van der Waals surface area contributed by atoms with Gasteiger partial charge < -0.3 is 9.80 Å². The molecule has 0 bridgehead atoms. The monoisotopic (exact) mass is 596 g/mol. The number of nitrogens with zero attached hydrogens (tertiary/aromatic N) is 4. The van der Waals surface area contributed by atoms with Crippen LogP contribution in [0.25, 0.3) is 0 Å². The topological polar surface area (TPSA) is 33.5 Å². The third kappa shape index (κ3) is 20.0. The molecule has 0 aliphatic carbocycles. The van der Waals surface area contributed by atoms with Crippen LogP contribution in [0.4, 0.5) is 0 Å². The number of hydrogen-bond acceptors (Lipinski definition) is 4. The summed E-state index contributed by atoms with van der Waals surface area (Å²) >= 11 is 5.61. The molecule has 1 aliphatic rings. The third-order valence-electron chi connectivity index (χ3n) is 6.87. The zero-order valence-electron chi connectivity index (χ0n) is 28.0. The normalized spacial score (nSPS) is 15.5. The number of piperidine rings is 1. The lowest BCUT2D eigenvalue weighted by molar-refractivity contribution is 0.115. The molecule has 2 atom stereocenters.